The highest BCUT2D eigenvalue weighted by Gasteiger charge is 2.14. The smallest absolute Gasteiger partial charge is 0.119 e. The van der Waals surface area contributed by atoms with Gasteiger partial charge >= 0.3 is 0 Å². The van der Waals surface area contributed by atoms with Crippen LogP contribution in [0.3, 0.4) is 0 Å². The predicted octanol–water partition coefficient (Wildman–Crippen LogP) is 3.50. The third-order valence-electron chi connectivity index (χ3n) is 2.64. The van der Waals surface area contributed by atoms with Crippen LogP contribution in [0.15, 0.2) is 28.1 Å². The van der Waals surface area contributed by atoms with Crippen LogP contribution in [0.2, 0.25) is 0 Å². The van der Waals surface area contributed by atoms with Crippen LogP contribution in [0, 0.1) is 6.92 Å². The van der Waals surface area contributed by atoms with Crippen molar-refractivity contribution < 1.29 is 9.84 Å². The van der Waals surface area contributed by atoms with Gasteiger partial charge in [-0.25, -0.2) is 4.98 Å². The van der Waals surface area contributed by atoms with E-state index in [1.54, 1.807) is 18.4 Å². The SMILES string of the molecule is COc1ccc(Br)c(CC(O)c2csc(C)n2)c1. The number of rotatable bonds is 4. The number of thiazole rings is 1. The lowest BCUT2D eigenvalue weighted by molar-refractivity contribution is 0.174. The summed E-state index contributed by atoms with van der Waals surface area (Å²) < 4.78 is 6.15. The fraction of sp³-hybridized carbons (Fsp3) is 0.308. The lowest BCUT2D eigenvalue weighted by atomic mass is 10.1. The van der Waals surface area contributed by atoms with Crippen molar-refractivity contribution in [3.05, 3.63) is 44.3 Å². The van der Waals surface area contributed by atoms with Gasteiger partial charge in [-0.2, -0.15) is 0 Å². The van der Waals surface area contributed by atoms with Gasteiger partial charge in [-0.05, 0) is 30.7 Å². The Kier molecular flexibility index (Phi) is 4.37. The Morgan fingerprint density at radius 3 is 2.89 bits per heavy atom. The van der Waals surface area contributed by atoms with E-state index in [9.17, 15) is 5.11 Å². The summed E-state index contributed by atoms with van der Waals surface area (Å²) in [5, 5.41) is 13.0. The van der Waals surface area contributed by atoms with Crippen molar-refractivity contribution >= 4 is 27.3 Å². The third-order valence-corrected chi connectivity index (χ3v) is 4.21. The number of aliphatic hydroxyl groups excluding tert-OH is 1. The molecule has 1 heterocycles. The molecule has 1 aromatic carbocycles. The summed E-state index contributed by atoms with van der Waals surface area (Å²) in [5.74, 6) is 0.787. The van der Waals surface area contributed by atoms with Crippen molar-refractivity contribution in [1.29, 1.82) is 0 Å². The molecule has 0 radical (unpaired) electrons. The molecule has 0 amide bonds. The molecule has 0 spiro atoms. The largest absolute Gasteiger partial charge is 0.497 e. The molecule has 5 heteroatoms. The van der Waals surface area contributed by atoms with E-state index >= 15 is 0 Å². The van der Waals surface area contributed by atoms with E-state index in [0.717, 1.165) is 26.5 Å². The summed E-state index contributed by atoms with van der Waals surface area (Å²) in [7, 11) is 1.63. The molecule has 96 valence electrons. The van der Waals surface area contributed by atoms with Crippen molar-refractivity contribution in [2.45, 2.75) is 19.4 Å². The first kappa shape index (κ1) is 13.5. The normalized spacial score (nSPS) is 12.4. The number of benzene rings is 1. The van der Waals surface area contributed by atoms with E-state index < -0.39 is 6.10 Å². The predicted molar refractivity (Wildman–Crippen MR) is 76.2 cm³/mol. The Morgan fingerprint density at radius 1 is 1.50 bits per heavy atom. The molecule has 3 nitrogen and oxygen atoms in total. The van der Waals surface area contributed by atoms with Crippen LogP contribution in [-0.2, 0) is 6.42 Å². The van der Waals surface area contributed by atoms with E-state index in [1.807, 2.05) is 30.5 Å². The Morgan fingerprint density at radius 2 is 2.28 bits per heavy atom. The lowest BCUT2D eigenvalue weighted by Crippen LogP contribution is -2.03. The highest BCUT2D eigenvalue weighted by atomic mass is 79.9. The van der Waals surface area contributed by atoms with Crippen LogP contribution in [0.1, 0.15) is 22.4 Å². The summed E-state index contributed by atoms with van der Waals surface area (Å²) >= 11 is 5.03. The number of hydrogen-bond donors (Lipinski definition) is 1. The average molecular weight is 328 g/mol. The zero-order chi connectivity index (χ0) is 13.1. The zero-order valence-electron chi connectivity index (χ0n) is 10.2. The number of ether oxygens (including phenoxy) is 1. The van der Waals surface area contributed by atoms with E-state index in [2.05, 4.69) is 20.9 Å². The maximum atomic E-state index is 10.2. The third kappa shape index (κ3) is 3.10. The van der Waals surface area contributed by atoms with Crippen LogP contribution in [0.5, 0.6) is 5.75 Å². The first-order valence-electron chi connectivity index (χ1n) is 5.52. The van der Waals surface area contributed by atoms with Gasteiger partial charge in [-0.1, -0.05) is 15.9 Å². The summed E-state index contributed by atoms with van der Waals surface area (Å²) in [6.45, 7) is 1.93. The number of aliphatic hydroxyl groups is 1. The topological polar surface area (TPSA) is 42.4 Å². The van der Waals surface area contributed by atoms with Crippen molar-refractivity contribution in [3.8, 4) is 5.75 Å². The fourth-order valence-corrected chi connectivity index (χ4v) is 2.75. The van der Waals surface area contributed by atoms with E-state index in [1.165, 1.54) is 0 Å². The molecule has 0 bridgehead atoms. The van der Waals surface area contributed by atoms with E-state index in [0.29, 0.717) is 6.42 Å². The van der Waals surface area contributed by atoms with Gasteiger partial charge in [0.2, 0.25) is 0 Å². The van der Waals surface area contributed by atoms with Gasteiger partial charge in [0.15, 0.2) is 0 Å². The van der Waals surface area contributed by atoms with Crippen molar-refractivity contribution in [2.24, 2.45) is 0 Å². The minimum Gasteiger partial charge on any atom is -0.497 e. The molecule has 1 atom stereocenters. The lowest BCUT2D eigenvalue weighted by Gasteiger charge is -2.11. The van der Waals surface area contributed by atoms with Gasteiger partial charge < -0.3 is 9.84 Å². The van der Waals surface area contributed by atoms with Crippen LogP contribution in [0.25, 0.3) is 0 Å². The highest BCUT2D eigenvalue weighted by molar-refractivity contribution is 9.10. The fourth-order valence-electron chi connectivity index (χ4n) is 1.68. The van der Waals surface area contributed by atoms with Gasteiger partial charge in [-0.3, -0.25) is 0 Å². The van der Waals surface area contributed by atoms with E-state index in [4.69, 9.17) is 4.74 Å². The summed E-state index contributed by atoms with van der Waals surface area (Å²) in [6, 6.07) is 5.73. The highest BCUT2D eigenvalue weighted by Crippen LogP contribution is 2.27. The number of aryl methyl sites for hydroxylation is 1. The zero-order valence-corrected chi connectivity index (χ0v) is 12.6. The molecule has 2 aromatic rings. The monoisotopic (exact) mass is 327 g/mol. The van der Waals surface area contributed by atoms with Crippen LogP contribution in [-0.4, -0.2) is 17.2 Å². The van der Waals surface area contributed by atoms with Gasteiger partial charge in [0.25, 0.3) is 0 Å². The minimum absolute atomic E-state index is 0.515. The quantitative estimate of drug-likeness (QED) is 0.934. The molecule has 0 fully saturated rings. The second-order valence-corrected chi connectivity index (χ2v) is 5.89. The number of halogens is 1. The Bertz CT molecular complexity index is 542. The van der Waals surface area contributed by atoms with Crippen molar-refractivity contribution in [2.75, 3.05) is 7.11 Å². The number of methoxy groups -OCH3 is 1. The number of hydrogen-bond acceptors (Lipinski definition) is 4. The maximum absolute atomic E-state index is 10.2. The van der Waals surface area contributed by atoms with Crippen LogP contribution < -0.4 is 4.74 Å². The van der Waals surface area contributed by atoms with Gasteiger partial charge in [-0.15, -0.1) is 11.3 Å². The second kappa shape index (κ2) is 5.82. The standard InChI is InChI=1S/C13H14BrNO2S/c1-8-15-12(7-18-8)13(16)6-9-5-10(17-2)3-4-11(9)14/h3-5,7,13,16H,6H2,1-2H3. The molecule has 0 aliphatic heterocycles. The minimum atomic E-state index is -0.585. The number of aromatic nitrogens is 1. The number of nitrogens with zero attached hydrogens (tertiary/aromatic N) is 1. The van der Waals surface area contributed by atoms with Crippen LogP contribution >= 0.6 is 27.3 Å². The first-order valence-corrected chi connectivity index (χ1v) is 7.20. The molecule has 1 N–H and O–H groups in total. The molecule has 1 aromatic heterocycles. The summed E-state index contributed by atoms with van der Waals surface area (Å²) in [5.41, 5.74) is 1.74. The van der Waals surface area contributed by atoms with Gasteiger partial charge in [0, 0.05) is 16.3 Å². The van der Waals surface area contributed by atoms with Crippen molar-refractivity contribution in [1.82, 2.24) is 4.98 Å². The van der Waals surface area contributed by atoms with Crippen molar-refractivity contribution in [3.63, 3.8) is 0 Å². The molecule has 0 aliphatic rings. The molecule has 0 saturated carbocycles. The first-order chi connectivity index (χ1) is 8.60. The summed E-state index contributed by atoms with van der Waals surface area (Å²) in [6.07, 6.45) is -0.0700. The molecule has 18 heavy (non-hydrogen) atoms. The molecular formula is C13H14BrNO2S. The van der Waals surface area contributed by atoms with Gasteiger partial charge in [0.1, 0.15) is 11.9 Å². The molecule has 1 unspecified atom stereocenters. The van der Waals surface area contributed by atoms with E-state index in [-0.39, 0.29) is 0 Å². The maximum Gasteiger partial charge on any atom is 0.119 e. The average Bonchev–Trinajstić information content (AvgIpc) is 2.79. The molecular weight excluding hydrogens is 314 g/mol. The van der Waals surface area contributed by atoms with Gasteiger partial charge in [0.05, 0.1) is 17.8 Å². The van der Waals surface area contributed by atoms with Crippen LogP contribution in [0.4, 0.5) is 0 Å². The molecule has 0 aliphatic carbocycles. The Labute approximate surface area is 119 Å². The Balaban J connectivity index is 2.18. The molecule has 0 saturated heterocycles. The second-order valence-electron chi connectivity index (χ2n) is 3.97. The molecule has 2 rings (SSSR count). The Hall–Kier alpha value is -0.910. The summed E-state index contributed by atoms with van der Waals surface area (Å²) in [4.78, 5) is 4.30.